The van der Waals surface area contributed by atoms with Crippen molar-refractivity contribution in [3.8, 4) is 0 Å². The first-order valence-electron chi connectivity index (χ1n) is 7.03. The van der Waals surface area contributed by atoms with Gasteiger partial charge in [-0.25, -0.2) is 0 Å². The van der Waals surface area contributed by atoms with E-state index in [1.54, 1.807) is 22.0 Å². The molecule has 1 amide bonds. The van der Waals surface area contributed by atoms with Crippen molar-refractivity contribution >= 4 is 17.3 Å². The molecule has 0 bridgehead atoms. The van der Waals surface area contributed by atoms with E-state index >= 15 is 0 Å². The molecule has 1 aliphatic rings. The summed E-state index contributed by atoms with van der Waals surface area (Å²) in [6.45, 7) is 5.01. The minimum Gasteiger partial charge on any atom is -0.402 e. The number of amides is 1. The van der Waals surface area contributed by atoms with E-state index in [-0.39, 0.29) is 23.6 Å². The topological polar surface area (TPSA) is 114 Å². The Balaban J connectivity index is 1.99. The van der Waals surface area contributed by atoms with Gasteiger partial charge in [0.1, 0.15) is 5.71 Å². The van der Waals surface area contributed by atoms with Crippen LogP contribution in [0.4, 0.5) is 5.69 Å². The first-order valence-corrected chi connectivity index (χ1v) is 7.03. The number of likely N-dealkylation sites (tertiary alicyclic amines) is 1. The number of carbonyl (C=O) groups is 1. The molecule has 1 atom stereocenters. The fourth-order valence-corrected chi connectivity index (χ4v) is 2.26. The predicted octanol–water partition coefficient (Wildman–Crippen LogP) is 0.757. The number of rotatable bonds is 4. The molecule has 0 saturated carbocycles. The number of nitrogens with zero attached hydrogens (tertiary/aromatic N) is 3. The van der Waals surface area contributed by atoms with Crippen LogP contribution in [0.2, 0.25) is 0 Å². The Morgan fingerprint density at radius 1 is 1.57 bits per heavy atom. The number of hydrogen-bond acceptors (Lipinski definition) is 5. The van der Waals surface area contributed by atoms with Gasteiger partial charge in [0.2, 0.25) is 0 Å². The van der Waals surface area contributed by atoms with Crippen LogP contribution in [0.3, 0.4) is 0 Å². The summed E-state index contributed by atoms with van der Waals surface area (Å²) in [6, 6.07) is 0.116. The van der Waals surface area contributed by atoms with E-state index in [2.05, 4.69) is 5.10 Å². The van der Waals surface area contributed by atoms with Gasteiger partial charge in [0.25, 0.3) is 5.91 Å². The summed E-state index contributed by atoms with van der Waals surface area (Å²) in [7, 11) is 0. The van der Waals surface area contributed by atoms with Gasteiger partial charge in [-0.3, -0.25) is 14.9 Å². The third-order valence-electron chi connectivity index (χ3n) is 3.65. The Labute approximate surface area is 124 Å². The minimum absolute atomic E-state index is 0.0678. The fourth-order valence-electron chi connectivity index (χ4n) is 2.26. The highest BCUT2D eigenvalue weighted by molar-refractivity contribution is 6.42. The zero-order valence-corrected chi connectivity index (χ0v) is 12.4. The van der Waals surface area contributed by atoms with Gasteiger partial charge in [-0.05, 0) is 18.4 Å². The second-order valence-corrected chi connectivity index (χ2v) is 5.66. The van der Waals surface area contributed by atoms with Crippen molar-refractivity contribution in [1.29, 1.82) is 5.41 Å². The SMILES string of the molecule is CC(C)/C(N)=C/C(=N)C(=O)N1CCC(n2cc(N)cn2)C1. The van der Waals surface area contributed by atoms with Crippen molar-refractivity contribution in [2.45, 2.75) is 26.3 Å². The number of hydrogen-bond donors (Lipinski definition) is 3. The van der Waals surface area contributed by atoms with Crippen LogP contribution in [-0.2, 0) is 4.79 Å². The summed E-state index contributed by atoms with van der Waals surface area (Å²) in [6.07, 6.45) is 5.62. The van der Waals surface area contributed by atoms with Gasteiger partial charge in [-0.15, -0.1) is 0 Å². The largest absolute Gasteiger partial charge is 0.402 e. The lowest BCUT2D eigenvalue weighted by molar-refractivity contribution is -0.123. The van der Waals surface area contributed by atoms with Gasteiger partial charge in [0, 0.05) is 25.0 Å². The van der Waals surface area contributed by atoms with Gasteiger partial charge >= 0.3 is 0 Å². The number of anilines is 1. The lowest BCUT2D eigenvalue weighted by Gasteiger charge is -2.16. The number of nitrogens with two attached hydrogens (primary N) is 2. The van der Waals surface area contributed by atoms with E-state index in [9.17, 15) is 4.79 Å². The Morgan fingerprint density at radius 3 is 2.86 bits per heavy atom. The quantitative estimate of drug-likeness (QED) is 0.710. The van der Waals surface area contributed by atoms with E-state index in [4.69, 9.17) is 16.9 Å². The molecule has 1 aromatic rings. The molecule has 0 aliphatic carbocycles. The Bertz CT molecular complexity index is 574. The lowest BCUT2D eigenvalue weighted by Crippen LogP contribution is -2.34. The first-order chi connectivity index (χ1) is 9.88. The van der Waals surface area contributed by atoms with E-state index in [1.807, 2.05) is 13.8 Å². The number of aromatic nitrogens is 2. The third-order valence-corrected chi connectivity index (χ3v) is 3.65. The molecule has 2 heterocycles. The Hall–Kier alpha value is -2.31. The van der Waals surface area contributed by atoms with Crippen molar-refractivity contribution in [3.05, 3.63) is 24.2 Å². The average Bonchev–Trinajstić information content (AvgIpc) is 3.05. The molecular weight excluding hydrogens is 268 g/mol. The fraction of sp³-hybridized carbons (Fsp3) is 0.500. The van der Waals surface area contributed by atoms with Crippen LogP contribution < -0.4 is 11.5 Å². The summed E-state index contributed by atoms with van der Waals surface area (Å²) in [4.78, 5) is 13.9. The maximum Gasteiger partial charge on any atom is 0.271 e. The lowest BCUT2D eigenvalue weighted by atomic mass is 10.1. The average molecular weight is 290 g/mol. The maximum atomic E-state index is 12.2. The highest BCUT2D eigenvalue weighted by Crippen LogP contribution is 2.22. The summed E-state index contributed by atoms with van der Waals surface area (Å²) >= 11 is 0. The number of allylic oxidation sites excluding steroid dienone is 1. The van der Waals surface area contributed by atoms with Crippen LogP contribution in [0.1, 0.15) is 26.3 Å². The number of nitrogen functional groups attached to an aromatic ring is 1. The number of carbonyl (C=O) groups excluding carboxylic acids is 1. The number of nitrogens with one attached hydrogen (secondary N) is 1. The molecule has 0 spiro atoms. The Morgan fingerprint density at radius 2 is 2.29 bits per heavy atom. The molecular formula is C14H22N6O. The van der Waals surface area contributed by atoms with Gasteiger partial charge < -0.3 is 16.4 Å². The summed E-state index contributed by atoms with van der Waals surface area (Å²) in [5.41, 5.74) is 12.5. The van der Waals surface area contributed by atoms with Crippen LogP contribution in [0, 0.1) is 11.3 Å². The first kappa shape index (κ1) is 15.1. The van der Waals surface area contributed by atoms with Gasteiger partial charge in [0.05, 0.1) is 17.9 Å². The highest BCUT2D eigenvalue weighted by atomic mass is 16.2. The molecule has 1 fully saturated rings. The molecule has 7 nitrogen and oxygen atoms in total. The van der Waals surface area contributed by atoms with E-state index < -0.39 is 0 Å². The van der Waals surface area contributed by atoms with Crippen LogP contribution >= 0.6 is 0 Å². The Kier molecular flexibility index (Phi) is 4.30. The van der Waals surface area contributed by atoms with Crippen LogP contribution in [0.15, 0.2) is 24.2 Å². The molecule has 0 aromatic carbocycles. The molecule has 7 heteroatoms. The van der Waals surface area contributed by atoms with E-state index in [0.29, 0.717) is 24.5 Å². The van der Waals surface area contributed by atoms with Crippen molar-refractivity contribution in [2.24, 2.45) is 11.7 Å². The zero-order chi connectivity index (χ0) is 15.6. The van der Waals surface area contributed by atoms with E-state index in [0.717, 1.165) is 6.42 Å². The van der Waals surface area contributed by atoms with Crippen LogP contribution in [0.5, 0.6) is 0 Å². The molecule has 21 heavy (non-hydrogen) atoms. The van der Waals surface area contributed by atoms with Crippen molar-refractivity contribution in [2.75, 3.05) is 18.8 Å². The standard InChI is InChI=1S/C14H22N6O/c1-9(2)12(16)5-13(17)14(21)19-4-3-11(8-19)20-7-10(15)6-18-20/h5-7,9,11,17H,3-4,8,15-16H2,1-2H3/b12-5-,17-13?. The molecule has 5 N–H and O–H groups in total. The molecule has 0 radical (unpaired) electrons. The molecule has 1 saturated heterocycles. The van der Waals surface area contributed by atoms with Gasteiger partial charge in [0.15, 0.2) is 0 Å². The monoisotopic (exact) mass is 290 g/mol. The summed E-state index contributed by atoms with van der Waals surface area (Å²) < 4.78 is 1.78. The van der Waals surface area contributed by atoms with E-state index in [1.165, 1.54) is 6.08 Å². The minimum atomic E-state index is -0.291. The second kappa shape index (κ2) is 5.99. The highest BCUT2D eigenvalue weighted by Gasteiger charge is 2.29. The molecule has 1 unspecified atom stereocenters. The maximum absolute atomic E-state index is 12.2. The summed E-state index contributed by atoms with van der Waals surface area (Å²) in [5, 5.41) is 12.0. The van der Waals surface area contributed by atoms with Gasteiger partial charge in [-0.1, -0.05) is 13.8 Å². The predicted molar refractivity (Wildman–Crippen MR) is 81.7 cm³/mol. The molecule has 114 valence electrons. The second-order valence-electron chi connectivity index (χ2n) is 5.66. The van der Waals surface area contributed by atoms with Crippen molar-refractivity contribution < 1.29 is 4.79 Å². The third kappa shape index (κ3) is 3.42. The van der Waals surface area contributed by atoms with Crippen molar-refractivity contribution in [1.82, 2.24) is 14.7 Å². The molecule has 1 aromatic heterocycles. The van der Waals surface area contributed by atoms with Gasteiger partial charge in [-0.2, -0.15) is 5.10 Å². The zero-order valence-electron chi connectivity index (χ0n) is 12.4. The normalized spacial score (nSPS) is 19.3. The van der Waals surface area contributed by atoms with Crippen LogP contribution in [-0.4, -0.2) is 39.4 Å². The van der Waals surface area contributed by atoms with Crippen LogP contribution in [0.25, 0.3) is 0 Å². The van der Waals surface area contributed by atoms with Crippen molar-refractivity contribution in [3.63, 3.8) is 0 Å². The smallest absolute Gasteiger partial charge is 0.271 e. The molecule has 1 aliphatic heterocycles. The summed E-state index contributed by atoms with van der Waals surface area (Å²) in [5.74, 6) is -0.169. The molecule has 2 rings (SSSR count).